The Morgan fingerprint density at radius 2 is 2.22 bits per heavy atom. The molecule has 2 heterocycles. The van der Waals surface area contributed by atoms with Gasteiger partial charge in [-0.15, -0.1) is 0 Å². The third-order valence-corrected chi connectivity index (χ3v) is 3.71. The molecule has 2 unspecified atom stereocenters. The molecule has 0 spiro atoms. The van der Waals surface area contributed by atoms with Crippen LogP contribution in [0.25, 0.3) is 0 Å². The first kappa shape index (κ1) is 13.8. The molecule has 5 nitrogen and oxygen atoms in total. The number of carbonyl (C=O) groups is 1. The Bertz CT molecular complexity index is 266. The van der Waals surface area contributed by atoms with Gasteiger partial charge in [-0.05, 0) is 25.7 Å². The summed E-state index contributed by atoms with van der Waals surface area (Å²) in [6.07, 6.45) is 4.97. The van der Waals surface area contributed by atoms with E-state index >= 15 is 0 Å². The number of morpholine rings is 1. The van der Waals surface area contributed by atoms with Crippen molar-refractivity contribution < 1.29 is 19.4 Å². The molecule has 0 aromatic carbocycles. The molecule has 0 saturated carbocycles. The van der Waals surface area contributed by atoms with Crippen molar-refractivity contribution in [3.05, 3.63) is 0 Å². The lowest BCUT2D eigenvalue weighted by atomic mass is 10.0. The highest BCUT2D eigenvalue weighted by molar-refractivity contribution is 5.76. The second kappa shape index (κ2) is 7.07. The zero-order valence-electron chi connectivity index (χ0n) is 10.8. The van der Waals surface area contributed by atoms with Crippen LogP contribution in [0.1, 0.15) is 32.1 Å². The average molecular weight is 257 g/mol. The van der Waals surface area contributed by atoms with Crippen molar-refractivity contribution in [2.45, 2.75) is 44.2 Å². The van der Waals surface area contributed by atoms with Crippen molar-refractivity contribution in [3.63, 3.8) is 0 Å². The summed E-state index contributed by atoms with van der Waals surface area (Å²) < 4.78 is 10.9. The number of nitrogens with zero attached hydrogens (tertiary/aromatic N) is 1. The summed E-state index contributed by atoms with van der Waals surface area (Å²) in [4.78, 5) is 13.9. The summed E-state index contributed by atoms with van der Waals surface area (Å²) in [6, 6.07) is -0.168. The van der Waals surface area contributed by atoms with Gasteiger partial charge in [0, 0.05) is 19.6 Å². The zero-order chi connectivity index (χ0) is 12.8. The Morgan fingerprint density at radius 3 is 2.94 bits per heavy atom. The Balaban J connectivity index is 1.75. The second-order valence-electron chi connectivity index (χ2n) is 5.03. The van der Waals surface area contributed by atoms with Crippen LogP contribution in [-0.2, 0) is 14.3 Å². The van der Waals surface area contributed by atoms with E-state index in [0.717, 1.165) is 25.9 Å². The standard InChI is InChI=1S/C13H23NO4/c15-9-11-10-17-8-6-14(11)13(16)5-4-12-3-1-2-7-18-12/h11-12,15H,1-10H2. The molecule has 1 N–H and O–H groups in total. The van der Waals surface area contributed by atoms with E-state index in [1.54, 1.807) is 4.90 Å². The summed E-state index contributed by atoms with van der Waals surface area (Å²) in [5.41, 5.74) is 0. The predicted octanol–water partition coefficient (Wildman–Crippen LogP) is 0.555. The first-order chi connectivity index (χ1) is 8.81. The Morgan fingerprint density at radius 1 is 1.33 bits per heavy atom. The normalized spacial score (nSPS) is 29.3. The van der Waals surface area contributed by atoms with Crippen LogP contribution in [0.5, 0.6) is 0 Å². The lowest BCUT2D eigenvalue weighted by Crippen LogP contribution is -2.50. The van der Waals surface area contributed by atoms with Crippen molar-refractivity contribution in [3.8, 4) is 0 Å². The zero-order valence-corrected chi connectivity index (χ0v) is 10.8. The third-order valence-electron chi connectivity index (χ3n) is 3.71. The van der Waals surface area contributed by atoms with Crippen molar-refractivity contribution in [1.29, 1.82) is 0 Å². The van der Waals surface area contributed by atoms with E-state index in [0.29, 0.717) is 26.2 Å². The van der Waals surface area contributed by atoms with Crippen molar-refractivity contribution in [1.82, 2.24) is 4.90 Å². The van der Waals surface area contributed by atoms with Crippen LogP contribution in [0.15, 0.2) is 0 Å². The first-order valence-electron chi connectivity index (χ1n) is 6.91. The molecule has 0 aliphatic carbocycles. The molecule has 0 aromatic rings. The van der Waals surface area contributed by atoms with Crippen LogP contribution < -0.4 is 0 Å². The van der Waals surface area contributed by atoms with Crippen LogP contribution in [0.3, 0.4) is 0 Å². The number of hydrogen-bond donors (Lipinski definition) is 1. The maximum atomic E-state index is 12.1. The van der Waals surface area contributed by atoms with Crippen LogP contribution in [0, 0.1) is 0 Å². The lowest BCUT2D eigenvalue weighted by molar-refractivity contribution is -0.142. The molecule has 2 saturated heterocycles. The molecule has 2 rings (SSSR count). The molecule has 2 fully saturated rings. The van der Waals surface area contributed by atoms with E-state index in [4.69, 9.17) is 9.47 Å². The fraction of sp³-hybridized carbons (Fsp3) is 0.923. The first-order valence-corrected chi connectivity index (χ1v) is 6.91. The van der Waals surface area contributed by atoms with Gasteiger partial charge in [0.15, 0.2) is 0 Å². The summed E-state index contributed by atoms with van der Waals surface area (Å²) in [5.74, 6) is 0.117. The second-order valence-corrected chi connectivity index (χ2v) is 5.03. The maximum Gasteiger partial charge on any atom is 0.223 e. The molecule has 0 aromatic heterocycles. The molecule has 2 aliphatic heterocycles. The number of amides is 1. The number of rotatable bonds is 4. The Hall–Kier alpha value is -0.650. The van der Waals surface area contributed by atoms with E-state index in [-0.39, 0.29) is 24.7 Å². The highest BCUT2D eigenvalue weighted by atomic mass is 16.5. The molecule has 18 heavy (non-hydrogen) atoms. The highest BCUT2D eigenvalue weighted by Crippen LogP contribution is 2.18. The van der Waals surface area contributed by atoms with Gasteiger partial charge < -0.3 is 19.5 Å². The van der Waals surface area contributed by atoms with Gasteiger partial charge in [0.25, 0.3) is 0 Å². The van der Waals surface area contributed by atoms with Crippen molar-refractivity contribution in [2.75, 3.05) is 33.0 Å². The van der Waals surface area contributed by atoms with Gasteiger partial charge in [-0.1, -0.05) is 0 Å². The minimum absolute atomic E-state index is 0.0222. The van der Waals surface area contributed by atoms with Crippen LogP contribution >= 0.6 is 0 Å². The van der Waals surface area contributed by atoms with E-state index in [2.05, 4.69) is 0 Å². The summed E-state index contributed by atoms with van der Waals surface area (Å²) >= 11 is 0. The number of aliphatic hydroxyl groups is 1. The molecule has 5 heteroatoms. The van der Waals surface area contributed by atoms with E-state index in [1.807, 2.05) is 0 Å². The lowest BCUT2D eigenvalue weighted by Gasteiger charge is -2.35. The fourth-order valence-electron chi connectivity index (χ4n) is 2.60. The quantitative estimate of drug-likeness (QED) is 0.799. The Labute approximate surface area is 108 Å². The monoisotopic (exact) mass is 257 g/mol. The minimum atomic E-state index is -0.168. The number of ether oxygens (including phenoxy) is 2. The van der Waals surface area contributed by atoms with E-state index in [1.165, 1.54) is 6.42 Å². The van der Waals surface area contributed by atoms with Gasteiger partial charge in [0.1, 0.15) is 0 Å². The maximum absolute atomic E-state index is 12.1. The number of aliphatic hydroxyl groups excluding tert-OH is 1. The molecule has 104 valence electrons. The Kier molecular flexibility index (Phi) is 5.41. The van der Waals surface area contributed by atoms with E-state index in [9.17, 15) is 9.90 Å². The summed E-state index contributed by atoms with van der Waals surface area (Å²) in [6.45, 7) is 2.42. The highest BCUT2D eigenvalue weighted by Gasteiger charge is 2.27. The molecule has 1 amide bonds. The minimum Gasteiger partial charge on any atom is -0.394 e. The molecule has 0 radical (unpaired) electrons. The van der Waals surface area contributed by atoms with Gasteiger partial charge >= 0.3 is 0 Å². The average Bonchev–Trinajstić information content (AvgIpc) is 2.45. The van der Waals surface area contributed by atoms with Crippen LogP contribution in [0.4, 0.5) is 0 Å². The van der Waals surface area contributed by atoms with Crippen LogP contribution in [-0.4, -0.2) is 61.0 Å². The molecule has 0 bridgehead atoms. The van der Waals surface area contributed by atoms with Crippen LogP contribution in [0.2, 0.25) is 0 Å². The SMILES string of the molecule is O=C(CCC1CCCCO1)N1CCOCC1CO. The fourth-order valence-corrected chi connectivity index (χ4v) is 2.60. The smallest absolute Gasteiger partial charge is 0.223 e. The number of carbonyl (C=O) groups excluding carboxylic acids is 1. The van der Waals surface area contributed by atoms with Gasteiger partial charge in [0.2, 0.25) is 5.91 Å². The topological polar surface area (TPSA) is 59.0 Å². The molecular formula is C13H23NO4. The number of hydrogen-bond acceptors (Lipinski definition) is 4. The largest absolute Gasteiger partial charge is 0.394 e. The van der Waals surface area contributed by atoms with Gasteiger partial charge in [-0.2, -0.15) is 0 Å². The molecule has 2 atom stereocenters. The molecule has 2 aliphatic rings. The van der Waals surface area contributed by atoms with E-state index < -0.39 is 0 Å². The summed E-state index contributed by atoms with van der Waals surface area (Å²) in [7, 11) is 0. The summed E-state index contributed by atoms with van der Waals surface area (Å²) in [5, 5.41) is 9.23. The predicted molar refractivity (Wildman–Crippen MR) is 66.2 cm³/mol. The molecular weight excluding hydrogens is 234 g/mol. The van der Waals surface area contributed by atoms with Crippen molar-refractivity contribution >= 4 is 5.91 Å². The third kappa shape index (κ3) is 3.67. The van der Waals surface area contributed by atoms with Gasteiger partial charge in [0.05, 0.1) is 32.0 Å². The van der Waals surface area contributed by atoms with Gasteiger partial charge in [-0.3, -0.25) is 4.79 Å². The van der Waals surface area contributed by atoms with Gasteiger partial charge in [-0.25, -0.2) is 0 Å². The van der Waals surface area contributed by atoms with Crippen molar-refractivity contribution in [2.24, 2.45) is 0 Å².